The van der Waals surface area contributed by atoms with Crippen molar-refractivity contribution in [2.75, 3.05) is 0 Å². The number of hydrogen-bond acceptors (Lipinski definition) is 5. The van der Waals surface area contributed by atoms with Gasteiger partial charge in [-0.15, -0.1) is 14.6 Å². The first-order valence-electron chi connectivity index (χ1n) is 4.77. The predicted octanol–water partition coefficient (Wildman–Crippen LogP) is 1.87. The molecule has 0 unspecified atom stereocenters. The van der Waals surface area contributed by atoms with Crippen LogP contribution >= 0.6 is 0 Å². The van der Waals surface area contributed by atoms with Gasteiger partial charge in [0.2, 0.25) is 0 Å². The van der Waals surface area contributed by atoms with Crippen LogP contribution in [0.2, 0.25) is 0 Å². The van der Waals surface area contributed by atoms with Gasteiger partial charge in [0, 0.05) is 0 Å². The first-order valence-corrected chi connectivity index (χ1v) is 4.77. The molecule has 7 nitrogen and oxygen atoms in total. The molecule has 86 valence electrons. The van der Waals surface area contributed by atoms with Gasteiger partial charge in [0.25, 0.3) is 0 Å². The highest BCUT2D eigenvalue weighted by Crippen LogP contribution is 2.16. The molecule has 0 amide bonds. The number of nitrogens with zero attached hydrogens (tertiary/aromatic N) is 4. The molecule has 0 aliphatic rings. The Morgan fingerprint density at radius 1 is 1.12 bits per heavy atom. The Morgan fingerprint density at radius 3 is 2.29 bits per heavy atom. The van der Waals surface area contributed by atoms with Crippen molar-refractivity contribution in [1.82, 2.24) is 9.47 Å². The largest absolute Gasteiger partial charge is 0.302 e. The molecule has 0 aliphatic heterocycles. The van der Waals surface area contributed by atoms with E-state index in [1.54, 1.807) is 30.3 Å². The highest BCUT2D eigenvalue weighted by molar-refractivity contribution is 5.43. The number of hydrogen-bond donors (Lipinski definition) is 0. The molecule has 0 bridgehead atoms. The van der Waals surface area contributed by atoms with Crippen molar-refractivity contribution < 1.29 is 0 Å². The van der Waals surface area contributed by atoms with Crippen LogP contribution < -0.4 is 5.56 Å². The zero-order chi connectivity index (χ0) is 12.4. The highest BCUT2D eigenvalue weighted by Gasteiger charge is 2.19. The van der Waals surface area contributed by atoms with Crippen molar-refractivity contribution in [3.8, 4) is 5.69 Å². The minimum atomic E-state index is -0.664. The Hall–Kier alpha value is -2.57. The van der Waals surface area contributed by atoms with E-state index in [1.807, 2.05) is 0 Å². The monoisotopic (exact) mass is 232 g/mol. The lowest BCUT2D eigenvalue weighted by Gasteiger charge is -2.04. The van der Waals surface area contributed by atoms with Crippen LogP contribution in [-0.2, 0) is 0 Å². The first kappa shape index (κ1) is 10.9. The zero-order valence-corrected chi connectivity index (χ0v) is 8.90. The van der Waals surface area contributed by atoms with Crippen molar-refractivity contribution >= 4 is 5.69 Å². The van der Waals surface area contributed by atoms with Crippen LogP contribution in [-0.4, -0.2) is 9.47 Å². The number of para-hydroxylation sites is 1. The summed E-state index contributed by atoms with van der Waals surface area (Å²) in [5.41, 5.74) is -0.421. The summed E-state index contributed by atoms with van der Waals surface area (Å²) < 4.78 is 0.999. The molecule has 0 atom stereocenters. The maximum atomic E-state index is 11.9. The molecule has 0 saturated heterocycles. The maximum Gasteiger partial charge on any atom is 0.302 e. The maximum absolute atomic E-state index is 11.9. The third-order valence-corrected chi connectivity index (χ3v) is 2.40. The van der Waals surface area contributed by atoms with Crippen molar-refractivity contribution in [2.45, 2.75) is 6.92 Å². The number of nitroso groups, excluding NO2 is 2. The van der Waals surface area contributed by atoms with E-state index in [2.05, 4.69) is 10.5 Å². The van der Waals surface area contributed by atoms with Crippen LogP contribution in [0.1, 0.15) is 5.69 Å². The van der Waals surface area contributed by atoms with Gasteiger partial charge >= 0.3 is 5.56 Å². The average Bonchev–Trinajstić information content (AvgIpc) is 2.61. The molecule has 2 rings (SSSR count). The van der Waals surface area contributed by atoms with Crippen molar-refractivity contribution in [3.05, 3.63) is 56.2 Å². The van der Waals surface area contributed by atoms with Gasteiger partial charge in [-0.2, -0.15) is 4.68 Å². The van der Waals surface area contributed by atoms with Gasteiger partial charge in [-0.05, 0) is 24.2 Å². The van der Waals surface area contributed by atoms with Crippen LogP contribution in [0.25, 0.3) is 5.69 Å². The Bertz CT molecular complexity index is 627. The lowest BCUT2D eigenvalue weighted by molar-refractivity contribution is 0.607. The van der Waals surface area contributed by atoms with Crippen LogP contribution in [0.3, 0.4) is 0 Å². The SMILES string of the molecule is Cc1c(N=O)c(=O)n(-c2ccccc2)n1N=O. The highest BCUT2D eigenvalue weighted by atomic mass is 16.3. The number of benzene rings is 1. The van der Waals surface area contributed by atoms with Gasteiger partial charge in [-0.25, -0.2) is 0 Å². The first-order chi connectivity index (χ1) is 8.20. The summed E-state index contributed by atoms with van der Waals surface area (Å²) in [6.45, 7) is 1.43. The molecule has 1 aromatic carbocycles. The summed E-state index contributed by atoms with van der Waals surface area (Å²) in [4.78, 5) is 33.9. The van der Waals surface area contributed by atoms with Crippen molar-refractivity contribution in [1.29, 1.82) is 0 Å². The Morgan fingerprint density at radius 2 is 1.76 bits per heavy atom. The second-order valence-corrected chi connectivity index (χ2v) is 3.35. The molecule has 1 aromatic heterocycles. The van der Waals surface area contributed by atoms with E-state index in [0.29, 0.717) is 5.69 Å². The summed E-state index contributed by atoms with van der Waals surface area (Å²) in [5.74, 6) is 0. The molecule has 0 saturated carbocycles. The number of rotatable bonds is 3. The molecule has 0 fully saturated rings. The number of aromatic nitrogens is 2. The van der Waals surface area contributed by atoms with Gasteiger partial charge in [-0.1, -0.05) is 18.2 Å². The lowest BCUT2D eigenvalue weighted by atomic mass is 10.3. The second kappa shape index (κ2) is 4.12. The standard InChI is InChI=1S/C10H8N4O3/c1-7-9(11-16)10(15)13(14(7)12-17)8-5-3-2-4-6-8/h2-6H,1H3. The summed E-state index contributed by atoms with van der Waals surface area (Å²) >= 11 is 0. The smallest absolute Gasteiger partial charge is 0.265 e. The van der Waals surface area contributed by atoms with Crippen LogP contribution in [0.15, 0.2) is 45.6 Å². The summed E-state index contributed by atoms with van der Waals surface area (Å²) in [6, 6.07) is 8.41. The van der Waals surface area contributed by atoms with Gasteiger partial charge in [0.1, 0.15) is 0 Å². The molecular formula is C10H8N4O3. The second-order valence-electron chi connectivity index (χ2n) is 3.35. The molecule has 17 heavy (non-hydrogen) atoms. The lowest BCUT2D eigenvalue weighted by Crippen LogP contribution is -2.18. The van der Waals surface area contributed by atoms with Crippen LogP contribution in [0.5, 0.6) is 0 Å². The molecule has 1 heterocycles. The summed E-state index contributed by atoms with van der Waals surface area (Å²) in [7, 11) is 0. The van der Waals surface area contributed by atoms with E-state index >= 15 is 0 Å². The average molecular weight is 232 g/mol. The van der Waals surface area contributed by atoms with Crippen molar-refractivity contribution in [2.24, 2.45) is 10.5 Å². The minimum Gasteiger partial charge on any atom is -0.265 e. The molecule has 0 radical (unpaired) electrons. The predicted molar refractivity (Wildman–Crippen MR) is 61.4 cm³/mol. The zero-order valence-electron chi connectivity index (χ0n) is 8.90. The normalized spacial score (nSPS) is 10.2. The minimum absolute atomic E-state index is 0.115. The third-order valence-electron chi connectivity index (χ3n) is 2.40. The van der Waals surface area contributed by atoms with Gasteiger partial charge in [-0.3, -0.25) is 4.79 Å². The Labute approximate surface area is 95.2 Å². The summed E-state index contributed by atoms with van der Waals surface area (Å²) in [6.07, 6.45) is 0. The summed E-state index contributed by atoms with van der Waals surface area (Å²) in [5, 5.41) is 5.33. The van der Waals surface area contributed by atoms with E-state index < -0.39 is 5.56 Å². The van der Waals surface area contributed by atoms with Gasteiger partial charge in [0.15, 0.2) is 5.69 Å². The molecule has 0 spiro atoms. The van der Waals surface area contributed by atoms with Crippen LogP contribution in [0, 0.1) is 16.7 Å². The molecule has 7 heteroatoms. The Balaban J connectivity index is 2.83. The fourth-order valence-electron chi connectivity index (χ4n) is 1.58. The van der Waals surface area contributed by atoms with Gasteiger partial charge in [0.05, 0.1) is 16.7 Å². The van der Waals surface area contributed by atoms with E-state index in [1.165, 1.54) is 6.92 Å². The fraction of sp³-hybridized carbons (Fsp3) is 0.100. The van der Waals surface area contributed by atoms with E-state index in [9.17, 15) is 14.6 Å². The molecule has 2 aromatic rings. The van der Waals surface area contributed by atoms with E-state index in [0.717, 1.165) is 9.47 Å². The molecule has 0 N–H and O–H groups in total. The van der Waals surface area contributed by atoms with E-state index in [4.69, 9.17) is 0 Å². The third kappa shape index (κ3) is 1.57. The Kier molecular flexibility index (Phi) is 2.65. The molecular weight excluding hydrogens is 224 g/mol. The topological polar surface area (TPSA) is 85.8 Å². The van der Waals surface area contributed by atoms with Crippen molar-refractivity contribution in [3.63, 3.8) is 0 Å². The fourth-order valence-corrected chi connectivity index (χ4v) is 1.58. The van der Waals surface area contributed by atoms with E-state index in [-0.39, 0.29) is 11.4 Å². The van der Waals surface area contributed by atoms with Crippen LogP contribution in [0.4, 0.5) is 5.69 Å². The quantitative estimate of drug-likeness (QED) is 0.757. The molecule has 0 aliphatic carbocycles. The van der Waals surface area contributed by atoms with Gasteiger partial charge < -0.3 is 0 Å².